The van der Waals surface area contributed by atoms with Crippen LogP contribution in [0.4, 0.5) is 5.00 Å². The van der Waals surface area contributed by atoms with Crippen molar-refractivity contribution in [3.05, 3.63) is 46.3 Å². The second-order valence-corrected chi connectivity index (χ2v) is 8.06. The highest BCUT2D eigenvalue weighted by Gasteiger charge is 2.26. The van der Waals surface area contributed by atoms with Gasteiger partial charge in [-0.15, -0.1) is 23.1 Å². The van der Waals surface area contributed by atoms with Crippen LogP contribution in [0, 0.1) is 0 Å². The van der Waals surface area contributed by atoms with E-state index in [-0.39, 0.29) is 11.9 Å². The summed E-state index contributed by atoms with van der Waals surface area (Å²) in [7, 11) is 1.39. The number of esters is 1. The normalized spacial score (nSPS) is 13.6. The van der Waals surface area contributed by atoms with Crippen LogP contribution in [0.1, 0.15) is 40.1 Å². The zero-order chi connectivity index (χ0) is 17.6. The van der Waals surface area contributed by atoms with Crippen LogP contribution >= 0.6 is 23.1 Å². The minimum absolute atomic E-state index is 0.101. The Morgan fingerprint density at radius 2 is 1.92 bits per heavy atom. The molecule has 6 heteroatoms. The van der Waals surface area contributed by atoms with Gasteiger partial charge < -0.3 is 10.1 Å². The summed E-state index contributed by atoms with van der Waals surface area (Å²) >= 11 is 3.01. The summed E-state index contributed by atoms with van der Waals surface area (Å²) in [6.07, 6.45) is 5.23. The number of hydrogen-bond donors (Lipinski definition) is 1. The third-order valence-electron chi connectivity index (χ3n) is 4.18. The van der Waals surface area contributed by atoms with Crippen LogP contribution in [0.2, 0.25) is 0 Å². The summed E-state index contributed by atoms with van der Waals surface area (Å²) < 4.78 is 4.96. The van der Waals surface area contributed by atoms with Crippen molar-refractivity contribution in [1.29, 1.82) is 0 Å². The smallest absolute Gasteiger partial charge is 0.341 e. The maximum absolute atomic E-state index is 12.4. The van der Waals surface area contributed by atoms with Gasteiger partial charge in [0.2, 0.25) is 5.91 Å². The molecule has 0 saturated carbocycles. The molecule has 0 saturated heterocycles. The number of ether oxygens (including phenoxy) is 1. The Morgan fingerprint density at radius 1 is 1.16 bits per heavy atom. The number of fused-ring (bicyclic) bond motifs is 1. The molecule has 0 fully saturated rings. The Balaban J connectivity index is 1.74. The lowest BCUT2D eigenvalue weighted by atomic mass is 10.1. The molecule has 3 rings (SSSR count). The van der Waals surface area contributed by atoms with Crippen molar-refractivity contribution in [3.8, 4) is 0 Å². The summed E-state index contributed by atoms with van der Waals surface area (Å²) in [6.45, 7) is 0. The maximum atomic E-state index is 12.4. The molecule has 1 aromatic carbocycles. The van der Waals surface area contributed by atoms with Crippen LogP contribution in [-0.4, -0.2) is 24.7 Å². The molecule has 1 heterocycles. The number of rotatable bonds is 5. The number of hydrogen-bond acceptors (Lipinski definition) is 5. The van der Waals surface area contributed by atoms with Gasteiger partial charge in [-0.2, -0.15) is 0 Å². The maximum Gasteiger partial charge on any atom is 0.341 e. The van der Waals surface area contributed by atoms with Crippen LogP contribution in [0.3, 0.4) is 0 Å². The second-order valence-electron chi connectivity index (χ2n) is 5.91. The number of thiophene rings is 1. The minimum Gasteiger partial charge on any atom is -0.465 e. The van der Waals surface area contributed by atoms with Gasteiger partial charge in [-0.25, -0.2) is 4.79 Å². The third kappa shape index (κ3) is 4.44. The Bertz CT molecular complexity index is 756. The van der Waals surface area contributed by atoms with Gasteiger partial charge in [-0.1, -0.05) is 24.6 Å². The zero-order valence-electron chi connectivity index (χ0n) is 14.2. The fourth-order valence-electron chi connectivity index (χ4n) is 2.98. The summed E-state index contributed by atoms with van der Waals surface area (Å²) in [5.41, 5.74) is 1.63. The van der Waals surface area contributed by atoms with E-state index in [0.717, 1.165) is 36.1 Å². The highest BCUT2D eigenvalue weighted by Crippen LogP contribution is 2.38. The van der Waals surface area contributed by atoms with Crippen LogP contribution in [0.25, 0.3) is 0 Å². The van der Waals surface area contributed by atoms with Crippen molar-refractivity contribution < 1.29 is 14.3 Å². The minimum atomic E-state index is -0.356. The first-order valence-corrected chi connectivity index (χ1v) is 10.2. The van der Waals surface area contributed by atoms with Crippen molar-refractivity contribution in [2.75, 3.05) is 18.2 Å². The number of carbonyl (C=O) groups excluding carboxylic acids is 2. The van der Waals surface area contributed by atoms with Gasteiger partial charge in [0.1, 0.15) is 5.00 Å². The van der Waals surface area contributed by atoms with Crippen molar-refractivity contribution in [3.63, 3.8) is 0 Å². The molecule has 1 aliphatic carbocycles. The van der Waals surface area contributed by atoms with Crippen molar-refractivity contribution in [2.45, 2.75) is 37.0 Å². The van der Waals surface area contributed by atoms with E-state index in [1.54, 1.807) is 0 Å². The largest absolute Gasteiger partial charge is 0.465 e. The molecule has 1 aliphatic rings. The highest BCUT2D eigenvalue weighted by atomic mass is 32.2. The Labute approximate surface area is 156 Å². The van der Waals surface area contributed by atoms with Crippen molar-refractivity contribution >= 4 is 40.0 Å². The molecule has 0 unspecified atom stereocenters. The summed E-state index contributed by atoms with van der Waals surface area (Å²) in [4.78, 5) is 26.9. The number of methoxy groups -OCH3 is 1. The van der Waals surface area contributed by atoms with Crippen LogP contribution in [-0.2, 0) is 22.4 Å². The molecule has 25 heavy (non-hydrogen) atoms. The number of nitrogens with one attached hydrogen (secondary N) is 1. The molecule has 1 aromatic heterocycles. The zero-order valence-corrected chi connectivity index (χ0v) is 15.8. The molecule has 4 nitrogen and oxygen atoms in total. The Morgan fingerprint density at radius 3 is 2.68 bits per heavy atom. The molecule has 0 aliphatic heterocycles. The lowest BCUT2D eigenvalue weighted by molar-refractivity contribution is -0.113. The van der Waals surface area contributed by atoms with E-state index in [9.17, 15) is 9.59 Å². The van der Waals surface area contributed by atoms with Crippen molar-refractivity contribution in [1.82, 2.24) is 0 Å². The van der Waals surface area contributed by atoms with Crippen LogP contribution in [0.5, 0.6) is 0 Å². The monoisotopic (exact) mass is 375 g/mol. The Hall–Kier alpha value is -1.79. The first-order valence-electron chi connectivity index (χ1n) is 8.39. The summed E-state index contributed by atoms with van der Waals surface area (Å²) in [6, 6.07) is 9.81. The van der Waals surface area contributed by atoms with E-state index in [0.29, 0.717) is 16.3 Å². The molecule has 0 radical (unpaired) electrons. The lowest BCUT2D eigenvalue weighted by Crippen LogP contribution is -2.16. The first kappa shape index (κ1) is 18.0. The topological polar surface area (TPSA) is 55.4 Å². The standard InChI is InChI=1S/C19H21NO3S2/c1-23-19(22)17-14-10-6-3-7-11-15(14)25-18(17)20-16(21)12-24-13-8-4-2-5-9-13/h2,4-5,8-9H,3,6-7,10-12H2,1H3,(H,20,21). The molecule has 0 spiro atoms. The average molecular weight is 376 g/mol. The van der Waals surface area contributed by atoms with E-state index in [2.05, 4.69) is 5.32 Å². The number of thioether (sulfide) groups is 1. The predicted molar refractivity (Wildman–Crippen MR) is 103 cm³/mol. The third-order valence-corrected chi connectivity index (χ3v) is 6.40. The van der Waals surface area contributed by atoms with Gasteiger partial charge in [0.15, 0.2) is 0 Å². The molecule has 1 amide bonds. The van der Waals surface area contributed by atoms with Gasteiger partial charge in [0.05, 0.1) is 18.4 Å². The average Bonchev–Trinajstić information content (AvgIpc) is 2.81. The van der Waals surface area contributed by atoms with Gasteiger partial charge in [-0.05, 0) is 43.4 Å². The molecule has 2 aromatic rings. The van der Waals surface area contributed by atoms with Gasteiger partial charge in [0, 0.05) is 9.77 Å². The molecule has 1 N–H and O–H groups in total. The number of aryl methyl sites for hydroxylation is 1. The van der Waals surface area contributed by atoms with E-state index >= 15 is 0 Å². The van der Waals surface area contributed by atoms with Crippen molar-refractivity contribution in [2.24, 2.45) is 0 Å². The number of carbonyl (C=O) groups is 2. The SMILES string of the molecule is COC(=O)c1c(NC(=O)CSc2ccccc2)sc2c1CCCCC2. The first-order chi connectivity index (χ1) is 12.2. The van der Waals surface area contributed by atoms with Gasteiger partial charge >= 0.3 is 5.97 Å². The Kier molecular flexibility index (Phi) is 6.15. The van der Waals surface area contributed by atoms with E-state index < -0.39 is 0 Å². The van der Waals surface area contributed by atoms with Gasteiger partial charge in [0.25, 0.3) is 0 Å². The van der Waals surface area contributed by atoms with E-state index in [1.165, 1.54) is 41.5 Å². The quantitative estimate of drug-likeness (QED) is 0.474. The number of anilines is 1. The highest BCUT2D eigenvalue weighted by molar-refractivity contribution is 8.00. The fourth-order valence-corrected chi connectivity index (χ4v) is 4.99. The molecular formula is C19H21NO3S2. The van der Waals surface area contributed by atoms with Crippen LogP contribution < -0.4 is 5.32 Å². The van der Waals surface area contributed by atoms with Gasteiger partial charge in [-0.3, -0.25) is 4.79 Å². The summed E-state index contributed by atoms with van der Waals surface area (Å²) in [5.74, 6) is -0.145. The number of benzene rings is 1. The molecule has 0 bridgehead atoms. The number of amides is 1. The summed E-state index contributed by atoms with van der Waals surface area (Å²) in [5, 5.41) is 3.57. The fraction of sp³-hybridized carbons (Fsp3) is 0.368. The second kappa shape index (κ2) is 8.54. The molecule has 0 atom stereocenters. The molecule has 132 valence electrons. The predicted octanol–water partition coefficient (Wildman–Crippen LogP) is 4.53. The molecular weight excluding hydrogens is 354 g/mol. The lowest BCUT2D eigenvalue weighted by Gasteiger charge is -2.07. The van der Waals surface area contributed by atoms with E-state index in [1.807, 2.05) is 30.3 Å². The van der Waals surface area contributed by atoms with Crippen LogP contribution in [0.15, 0.2) is 35.2 Å². The van der Waals surface area contributed by atoms with E-state index in [4.69, 9.17) is 4.74 Å².